The van der Waals surface area contributed by atoms with Crippen molar-refractivity contribution in [3.05, 3.63) is 65.0 Å². The van der Waals surface area contributed by atoms with E-state index in [1.165, 1.54) is 17.2 Å². The molecular weight excluding hydrogens is 241 g/mol. The molecule has 0 bridgehead atoms. The summed E-state index contributed by atoms with van der Waals surface area (Å²) < 4.78 is 18.9. The van der Waals surface area contributed by atoms with Gasteiger partial charge in [-0.25, -0.2) is 4.39 Å². The Morgan fingerprint density at radius 1 is 1.11 bits per heavy atom. The Hall–Kier alpha value is -1.87. The summed E-state index contributed by atoms with van der Waals surface area (Å²) in [7, 11) is 0. The van der Waals surface area contributed by atoms with Gasteiger partial charge < -0.3 is 10.5 Å². The van der Waals surface area contributed by atoms with Crippen molar-refractivity contribution in [2.75, 3.05) is 0 Å². The Morgan fingerprint density at radius 2 is 1.89 bits per heavy atom. The number of hydrogen-bond donors (Lipinski definition) is 1. The highest BCUT2D eigenvalue weighted by atomic mass is 19.1. The smallest absolute Gasteiger partial charge is 0.165 e. The minimum Gasteiger partial charge on any atom is -0.486 e. The molecule has 19 heavy (non-hydrogen) atoms. The van der Waals surface area contributed by atoms with E-state index in [4.69, 9.17) is 10.5 Å². The van der Waals surface area contributed by atoms with E-state index in [0.29, 0.717) is 12.4 Å². The van der Waals surface area contributed by atoms with E-state index in [9.17, 15) is 4.39 Å². The summed E-state index contributed by atoms with van der Waals surface area (Å²) in [6.07, 6.45) is 1.87. The Balaban J connectivity index is 1.72. The van der Waals surface area contributed by atoms with Crippen LogP contribution in [0.4, 0.5) is 4.39 Å². The van der Waals surface area contributed by atoms with E-state index in [1.807, 2.05) is 6.07 Å². The number of halogens is 1. The molecule has 3 heteroatoms. The van der Waals surface area contributed by atoms with Crippen LogP contribution in [-0.4, -0.2) is 6.04 Å². The predicted molar refractivity (Wildman–Crippen MR) is 72.6 cm³/mol. The number of ether oxygens (including phenoxy) is 1. The van der Waals surface area contributed by atoms with Crippen LogP contribution in [0.5, 0.6) is 5.75 Å². The Kier molecular flexibility index (Phi) is 3.22. The van der Waals surface area contributed by atoms with E-state index in [1.54, 1.807) is 18.2 Å². The first-order chi connectivity index (χ1) is 9.22. The van der Waals surface area contributed by atoms with Crippen LogP contribution in [-0.2, 0) is 19.4 Å². The molecule has 0 spiro atoms. The highest BCUT2D eigenvalue weighted by Gasteiger charge is 2.18. The molecule has 0 unspecified atom stereocenters. The zero-order chi connectivity index (χ0) is 13.2. The summed E-state index contributed by atoms with van der Waals surface area (Å²) in [5.74, 6) is -0.0367. The monoisotopic (exact) mass is 257 g/mol. The Labute approximate surface area is 112 Å². The van der Waals surface area contributed by atoms with Crippen molar-refractivity contribution in [3.63, 3.8) is 0 Å². The normalized spacial score (nSPS) is 17.3. The quantitative estimate of drug-likeness (QED) is 0.917. The van der Waals surface area contributed by atoms with E-state index >= 15 is 0 Å². The van der Waals surface area contributed by atoms with Gasteiger partial charge in [0, 0.05) is 6.04 Å². The zero-order valence-electron chi connectivity index (χ0n) is 10.6. The van der Waals surface area contributed by atoms with Gasteiger partial charge in [-0.3, -0.25) is 0 Å². The van der Waals surface area contributed by atoms with Gasteiger partial charge in [0.2, 0.25) is 0 Å². The standard InChI is InChI=1S/C16H16FNO/c17-15-3-1-2-4-16(15)19-10-11-5-6-12-8-14(18)9-13(12)7-11/h1-7,14H,8-10,18H2/t14-/m0/s1. The molecule has 0 fully saturated rings. The lowest BCUT2D eigenvalue weighted by Gasteiger charge is -2.08. The van der Waals surface area contributed by atoms with Crippen molar-refractivity contribution in [1.82, 2.24) is 0 Å². The Bertz CT molecular complexity index is 597. The second-order valence-corrected chi connectivity index (χ2v) is 4.99. The van der Waals surface area contributed by atoms with Crippen LogP contribution < -0.4 is 10.5 Å². The van der Waals surface area contributed by atoms with Gasteiger partial charge >= 0.3 is 0 Å². The molecule has 2 nitrogen and oxygen atoms in total. The molecule has 0 aliphatic heterocycles. The van der Waals surface area contributed by atoms with Gasteiger partial charge in [-0.05, 0) is 41.7 Å². The lowest BCUT2D eigenvalue weighted by atomic mass is 10.1. The summed E-state index contributed by atoms with van der Waals surface area (Å²) in [4.78, 5) is 0. The molecule has 1 aliphatic carbocycles. The summed E-state index contributed by atoms with van der Waals surface area (Å²) in [6.45, 7) is 0.378. The average Bonchev–Trinajstić information content (AvgIpc) is 2.77. The second-order valence-electron chi connectivity index (χ2n) is 4.99. The van der Waals surface area contributed by atoms with Crippen molar-refractivity contribution in [3.8, 4) is 5.75 Å². The van der Waals surface area contributed by atoms with Crippen molar-refractivity contribution in [2.24, 2.45) is 5.73 Å². The molecule has 0 aromatic heterocycles. The van der Waals surface area contributed by atoms with Gasteiger partial charge in [-0.2, -0.15) is 0 Å². The van der Waals surface area contributed by atoms with Crippen LogP contribution in [0.1, 0.15) is 16.7 Å². The summed E-state index contributed by atoms with van der Waals surface area (Å²) in [5.41, 5.74) is 9.61. The maximum absolute atomic E-state index is 13.4. The van der Waals surface area contributed by atoms with E-state index in [-0.39, 0.29) is 11.9 Å². The highest BCUT2D eigenvalue weighted by molar-refractivity contribution is 5.37. The third kappa shape index (κ3) is 2.61. The van der Waals surface area contributed by atoms with Gasteiger partial charge in [0.05, 0.1) is 0 Å². The third-order valence-electron chi connectivity index (χ3n) is 3.47. The largest absolute Gasteiger partial charge is 0.486 e. The number of rotatable bonds is 3. The summed E-state index contributed by atoms with van der Waals surface area (Å²) in [6, 6.07) is 12.9. The molecule has 1 atom stereocenters. The lowest BCUT2D eigenvalue weighted by Crippen LogP contribution is -2.18. The topological polar surface area (TPSA) is 35.2 Å². The molecular formula is C16H16FNO. The lowest BCUT2D eigenvalue weighted by molar-refractivity contribution is 0.290. The fraction of sp³-hybridized carbons (Fsp3) is 0.250. The molecule has 0 saturated heterocycles. The van der Waals surface area contributed by atoms with E-state index in [2.05, 4.69) is 12.1 Å². The van der Waals surface area contributed by atoms with Crippen LogP contribution >= 0.6 is 0 Å². The first kappa shape index (κ1) is 12.2. The maximum Gasteiger partial charge on any atom is 0.165 e. The summed E-state index contributed by atoms with van der Waals surface area (Å²) in [5, 5.41) is 0. The minimum absolute atomic E-state index is 0.234. The first-order valence-corrected chi connectivity index (χ1v) is 6.46. The van der Waals surface area contributed by atoms with Gasteiger partial charge in [0.1, 0.15) is 6.61 Å². The SMILES string of the molecule is N[C@H]1Cc2ccc(COc3ccccc3F)cc2C1. The van der Waals surface area contributed by atoms with Crippen LogP contribution in [0.25, 0.3) is 0 Å². The molecule has 2 aromatic carbocycles. The van der Waals surface area contributed by atoms with Crippen LogP contribution in [0.3, 0.4) is 0 Å². The molecule has 2 N–H and O–H groups in total. The van der Waals surface area contributed by atoms with Gasteiger partial charge in [0.15, 0.2) is 11.6 Å². The van der Waals surface area contributed by atoms with Gasteiger partial charge in [0.25, 0.3) is 0 Å². The molecule has 2 aromatic rings. The molecule has 0 amide bonds. The molecule has 1 aliphatic rings. The Morgan fingerprint density at radius 3 is 2.74 bits per heavy atom. The fourth-order valence-electron chi connectivity index (χ4n) is 2.52. The third-order valence-corrected chi connectivity index (χ3v) is 3.47. The second kappa shape index (κ2) is 5.02. The molecule has 3 rings (SSSR count). The molecule has 0 saturated carbocycles. The highest BCUT2D eigenvalue weighted by Crippen LogP contribution is 2.23. The minimum atomic E-state index is -0.328. The molecule has 98 valence electrons. The van der Waals surface area contributed by atoms with Crippen LogP contribution in [0.15, 0.2) is 42.5 Å². The summed E-state index contributed by atoms with van der Waals surface area (Å²) >= 11 is 0. The predicted octanol–water partition coefficient (Wildman–Crippen LogP) is 2.83. The van der Waals surface area contributed by atoms with Crippen molar-refractivity contribution < 1.29 is 9.13 Å². The fourth-order valence-corrected chi connectivity index (χ4v) is 2.52. The van der Waals surface area contributed by atoms with Crippen molar-refractivity contribution in [2.45, 2.75) is 25.5 Å². The molecule has 0 heterocycles. The number of benzene rings is 2. The van der Waals surface area contributed by atoms with Crippen LogP contribution in [0.2, 0.25) is 0 Å². The van der Waals surface area contributed by atoms with E-state index < -0.39 is 0 Å². The van der Waals surface area contributed by atoms with Gasteiger partial charge in [-0.15, -0.1) is 0 Å². The zero-order valence-corrected chi connectivity index (χ0v) is 10.6. The maximum atomic E-state index is 13.4. The number of para-hydroxylation sites is 1. The number of hydrogen-bond acceptors (Lipinski definition) is 2. The van der Waals surface area contributed by atoms with Gasteiger partial charge in [-0.1, -0.05) is 30.3 Å². The van der Waals surface area contributed by atoms with E-state index in [0.717, 1.165) is 18.4 Å². The van der Waals surface area contributed by atoms with Crippen LogP contribution in [0, 0.1) is 5.82 Å². The molecule has 0 radical (unpaired) electrons. The van der Waals surface area contributed by atoms with Crippen molar-refractivity contribution in [1.29, 1.82) is 0 Å². The van der Waals surface area contributed by atoms with Crippen molar-refractivity contribution >= 4 is 0 Å². The number of fused-ring (bicyclic) bond motifs is 1. The average molecular weight is 257 g/mol. The first-order valence-electron chi connectivity index (χ1n) is 6.46. The number of nitrogens with two attached hydrogens (primary N) is 1.